The lowest BCUT2D eigenvalue weighted by atomic mass is 9.94. The van der Waals surface area contributed by atoms with Gasteiger partial charge in [-0.1, -0.05) is 133 Å². The molecule has 6 aromatic rings. The summed E-state index contributed by atoms with van der Waals surface area (Å²) in [6.07, 6.45) is 0. The van der Waals surface area contributed by atoms with Crippen molar-refractivity contribution < 1.29 is 11.3 Å². The number of benzene rings is 4. The second-order valence-corrected chi connectivity index (χ2v) is 8.17. The number of hydrogen-bond donors (Lipinski definition) is 0. The zero-order chi connectivity index (χ0) is 27.8. The Labute approximate surface area is 212 Å². The molecule has 0 saturated carbocycles. The van der Waals surface area contributed by atoms with Crippen LogP contribution in [0.15, 0.2) is 150 Å². The second kappa shape index (κ2) is 9.32. The van der Waals surface area contributed by atoms with Gasteiger partial charge in [0, 0.05) is 10.9 Å². The van der Waals surface area contributed by atoms with Crippen LogP contribution in [-0.2, 0) is 0 Å². The van der Waals surface area contributed by atoms with Crippen molar-refractivity contribution in [1.29, 1.82) is 0 Å². The van der Waals surface area contributed by atoms with Gasteiger partial charge in [-0.25, -0.2) is 0 Å². The van der Waals surface area contributed by atoms with Gasteiger partial charge in [-0.2, -0.15) is 0 Å². The third kappa shape index (κ3) is 4.09. The number of fused-ring (bicyclic) bond motifs is 2. The first-order chi connectivity index (χ1) is 19.5. The predicted octanol–water partition coefficient (Wildman–Crippen LogP) is 9.71. The highest BCUT2D eigenvalue weighted by Gasteiger charge is 2.13. The van der Waals surface area contributed by atoms with Crippen LogP contribution in [-0.4, -0.2) is 0 Å². The molecule has 1 nitrogen and oxygen atoms in total. The zero-order valence-corrected chi connectivity index (χ0v) is 18.9. The van der Waals surface area contributed by atoms with Crippen molar-refractivity contribution in [2.45, 2.75) is 0 Å². The van der Waals surface area contributed by atoms with E-state index < -0.39 is 6.04 Å². The minimum absolute atomic E-state index is 0.167. The molecule has 0 atom stereocenters. The summed E-state index contributed by atoms with van der Waals surface area (Å²) in [5, 5.41) is 2.59. The fourth-order valence-corrected chi connectivity index (χ4v) is 4.44. The van der Waals surface area contributed by atoms with Crippen LogP contribution < -0.4 is 0 Å². The zero-order valence-electron chi connectivity index (χ0n) is 23.9. The molecular weight excluding hydrogens is 424 g/mol. The molecule has 0 spiro atoms. The molecular formula is C34H24O. The van der Waals surface area contributed by atoms with E-state index >= 15 is 0 Å². The molecule has 6 rings (SSSR count). The lowest BCUT2D eigenvalue weighted by Gasteiger charge is -2.09. The maximum Gasteiger partial charge on any atom is 0.135 e. The van der Waals surface area contributed by atoms with Crippen molar-refractivity contribution in [3.63, 3.8) is 0 Å². The first kappa shape index (κ1) is 16.1. The van der Waals surface area contributed by atoms with Gasteiger partial charge < -0.3 is 4.42 Å². The lowest BCUT2D eigenvalue weighted by molar-refractivity contribution is 0.631. The minimum atomic E-state index is -0.410. The molecule has 1 aromatic heterocycles. The van der Waals surface area contributed by atoms with Crippen LogP contribution >= 0.6 is 0 Å². The van der Waals surface area contributed by atoms with E-state index in [2.05, 4.69) is 12.1 Å². The molecule has 0 aliphatic heterocycles. The first-order valence-corrected chi connectivity index (χ1v) is 11.5. The van der Waals surface area contributed by atoms with Crippen LogP contribution in [0.4, 0.5) is 0 Å². The van der Waals surface area contributed by atoms with E-state index in [9.17, 15) is 0 Å². The quantitative estimate of drug-likeness (QED) is 0.260. The lowest BCUT2D eigenvalue weighted by Crippen LogP contribution is -1.83. The summed E-state index contributed by atoms with van der Waals surface area (Å²) >= 11 is 0. The Morgan fingerprint density at radius 3 is 1.80 bits per heavy atom. The molecule has 35 heavy (non-hydrogen) atoms. The van der Waals surface area contributed by atoms with Gasteiger partial charge in [0.05, 0.1) is 6.85 Å². The summed E-state index contributed by atoms with van der Waals surface area (Å²) in [7, 11) is 0. The van der Waals surface area contributed by atoms with Crippen molar-refractivity contribution in [2.75, 3.05) is 0 Å². The molecule has 0 saturated heterocycles. The van der Waals surface area contributed by atoms with Gasteiger partial charge in [-0.05, 0) is 45.2 Å². The molecule has 0 N–H and O–H groups in total. The van der Waals surface area contributed by atoms with Crippen molar-refractivity contribution in [3.05, 3.63) is 145 Å². The number of furan rings is 1. The normalized spacial score (nSPS) is 12.9. The number of hydrogen-bond acceptors (Lipinski definition) is 1. The fourth-order valence-electron chi connectivity index (χ4n) is 4.44. The maximum absolute atomic E-state index is 8.67. The minimum Gasteiger partial charge on any atom is -0.456 e. The van der Waals surface area contributed by atoms with Crippen molar-refractivity contribution in [1.82, 2.24) is 0 Å². The average molecular weight is 454 g/mol. The summed E-state index contributed by atoms with van der Waals surface area (Å²) in [5.41, 5.74) is 4.35. The summed E-state index contributed by atoms with van der Waals surface area (Å²) in [5.74, 6) is 0.773. The van der Waals surface area contributed by atoms with Crippen LogP contribution in [0.25, 0.3) is 55.3 Å². The van der Waals surface area contributed by atoms with Gasteiger partial charge in [0.25, 0.3) is 0 Å². The van der Waals surface area contributed by atoms with E-state index in [1.54, 1.807) is 0 Å². The molecule has 0 aliphatic rings. The van der Waals surface area contributed by atoms with Crippen molar-refractivity contribution in [3.8, 4) is 33.6 Å². The van der Waals surface area contributed by atoms with E-state index in [1.165, 1.54) is 0 Å². The van der Waals surface area contributed by atoms with Gasteiger partial charge in [0.15, 0.2) is 0 Å². The standard InChI is InChI=1S/C34H24O/c1-2-10-19-30(29-21-12-11-20-28(29)27(18-9-1)25-14-5-3-6-15-25)31-22-13-23-33-32(31)24-34(35-33)26-16-7-4-8-17-26/h1-24H/i3D,5D,6D,14D,15D. The van der Waals surface area contributed by atoms with Crippen LogP contribution in [0.3, 0.4) is 0 Å². The molecule has 0 radical (unpaired) electrons. The third-order valence-corrected chi connectivity index (χ3v) is 6.05. The van der Waals surface area contributed by atoms with E-state index in [-0.39, 0.29) is 29.7 Å². The van der Waals surface area contributed by atoms with E-state index in [0.717, 1.165) is 44.2 Å². The molecule has 0 fully saturated rings. The van der Waals surface area contributed by atoms with Crippen molar-refractivity contribution >= 4 is 21.7 Å². The molecule has 1 heterocycles. The average Bonchev–Trinajstić information content (AvgIpc) is 3.43. The first-order valence-electron chi connectivity index (χ1n) is 14.0. The third-order valence-electron chi connectivity index (χ3n) is 6.05. The van der Waals surface area contributed by atoms with Crippen LogP contribution in [0, 0.1) is 0 Å². The predicted molar refractivity (Wildman–Crippen MR) is 148 cm³/mol. The number of rotatable bonds is 3. The molecule has 0 amide bonds. The highest BCUT2D eigenvalue weighted by Crippen LogP contribution is 2.38. The molecule has 5 aromatic carbocycles. The maximum atomic E-state index is 8.67. The SMILES string of the molecule is [2H]c1c([2H])c([2H])c(-c2ccccccc(-c3cccc4oc(-c5ccccc5)cc34)c3ccccc23)c([2H])c1[2H]. The summed E-state index contributed by atoms with van der Waals surface area (Å²) in [4.78, 5) is 0. The monoisotopic (exact) mass is 453 g/mol. The van der Waals surface area contributed by atoms with E-state index in [4.69, 9.17) is 11.3 Å². The topological polar surface area (TPSA) is 13.1 Å². The Kier molecular flexibility index (Phi) is 4.28. The van der Waals surface area contributed by atoms with E-state index in [1.807, 2.05) is 103 Å². The van der Waals surface area contributed by atoms with Crippen LogP contribution in [0.2, 0.25) is 0 Å². The summed E-state index contributed by atoms with van der Waals surface area (Å²) < 4.78 is 48.2. The largest absolute Gasteiger partial charge is 0.456 e. The molecule has 0 bridgehead atoms. The van der Waals surface area contributed by atoms with Crippen LogP contribution in [0.1, 0.15) is 6.85 Å². The Morgan fingerprint density at radius 1 is 0.457 bits per heavy atom. The molecule has 0 aliphatic carbocycles. The van der Waals surface area contributed by atoms with Gasteiger partial charge in [0.2, 0.25) is 0 Å². The smallest absolute Gasteiger partial charge is 0.135 e. The van der Waals surface area contributed by atoms with Crippen LogP contribution in [0.5, 0.6) is 0 Å². The molecule has 0 unspecified atom stereocenters. The van der Waals surface area contributed by atoms with Gasteiger partial charge >= 0.3 is 0 Å². The molecule has 166 valence electrons. The van der Waals surface area contributed by atoms with Crippen molar-refractivity contribution in [2.24, 2.45) is 0 Å². The Hall–Kier alpha value is -4.62. The summed E-state index contributed by atoms with van der Waals surface area (Å²) in [6, 6.07) is 35.6. The Balaban J connectivity index is 1.72. The second-order valence-electron chi connectivity index (χ2n) is 8.17. The fraction of sp³-hybridized carbons (Fsp3) is 0. The van der Waals surface area contributed by atoms with Gasteiger partial charge in [0.1, 0.15) is 11.3 Å². The highest BCUT2D eigenvalue weighted by atomic mass is 16.3. The summed E-state index contributed by atoms with van der Waals surface area (Å²) in [6.45, 7) is 0. The van der Waals surface area contributed by atoms with Gasteiger partial charge in [-0.3, -0.25) is 0 Å². The van der Waals surface area contributed by atoms with E-state index in [0.29, 0.717) is 5.56 Å². The Bertz CT molecular complexity index is 1930. The Morgan fingerprint density at radius 2 is 1.03 bits per heavy atom. The van der Waals surface area contributed by atoms with Gasteiger partial charge in [-0.15, -0.1) is 0 Å². The highest BCUT2D eigenvalue weighted by molar-refractivity contribution is 6.08. The molecule has 1 heteroatoms.